The lowest BCUT2D eigenvalue weighted by molar-refractivity contribution is -0.141. The maximum Gasteiger partial charge on any atom is 0.326 e. The zero-order valence-electron chi connectivity index (χ0n) is 21.2. The topological polar surface area (TPSA) is 107 Å². The second-order valence-electron chi connectivity index (χ2n) is 10.2. The Kier molecular flexibility index (Phi) is 7.19. The van der Waals surface area contributed by atoms with Crippen LogP contribution in [0.2, 0.25) is 0 Å². The summed E-state index contributed by atoms with van der Waals surface area (Å²) < 4.78 is 13.0. The molecule has 10 heteroatoms. The van der Waals surface area contributed by atoms with E-state index in [-0.39, 0.29) is 24.3 Å². The van der Waals surface area contributed by atoms with Crippen LogP contribution in [-0.2, 0) is 21.5 Å². The van der Waals surface area contributed by atoms with Crippen LogP contribution in [0, 0.1) is 5.41 Å². The van der Waals surface area contributed by atoms with Gasteiger partial charge in [0, 0.05) is 42.1 Å². The van der Waals surface area contributed by atoms with Crippen molar-refractivity contribution in [3.05, 3.63) is 64.4 Å². The minimum Gasteiger partial charge on any atom is -0.496 e. The molecule has 1 aromatic carbocycles. The van der Waals surface area contributed by atoms with Crippen molar-refractivity contribution in [3.63, 3.8) is 0 Å². The van der Waals surface area contributed by atoms with Gasteiger partial charge in [0.1, 0.15) is 16.8 Å². The summed E-state index contributed by atoms with van der Waals surface area (Å²) in [7, 11) is 3.15. The second-order valence-corrected chi connectivity index (χ2v) is 11.1. The van der Waals surface area contributed by atoms with E-state index in [9.17, 15) is 14.7 Å². The van der Waals surface area contributed by atoms with Crippen molar-refractivity contribution in [2.24, 2.45) is 5.41 Å². The van der Waals surface area contributed by atoms with Crippen molar-refractivity contribution >= 4 is 23.2 Å². The maximum atomic E-state index is 14.1. The first-order chi connectivity index (χ1) is 17.1. The Balaban J connectivity index is 1.85. The Labute approximate surface area is 214 Å². The molecule has 1 aliphatic rings. The predicted octanol–water partition coefficient (Wildman–Crippen LogP) is 4.02. The molecule has 4 rings (SSSR count). The van der Waals surface area contributed by atoms with Gasteiger partial charge < -0.3 is 19.5 Å². The molecule has 1 saturated heterocycles. The molecule has 0 radical (unpaired) electrons. The molecule has 3 aromatic rings. The molecule has 0 aliphatic carbocycles. The number of rotatable bonds is 8. The summed E-state index contributed by atoms with van der Waals surface area (Å²) in [4.78, 5) is 32.7. The van der Waals surface area contributed by atoms with E-state index in [1.165, 1.54) is 16.2 Å². The predicted molar refractivity (Wildman–Crippen MR) is 135 cm³/mol. The molecule has 192 valence electrons. The number of carbonyl (C=O) groups excluding carboxylic acids is 1. The van der Waals surface area contributed by atoms with E-state index < -0.39 is 23.5 Å². The highest BCUT2D eigenvalue weighted by atomic mass is 32.1. The van der Waals surface area contributed by atoms with Gasteiger partial charge >= 0.3 is 5.97 Å². The normalized spacial score (nSPS) is 22.1. The first kappa shape index (κ1) is 25.8. The molecule has 0 saturated carbocycles. The Hall–Kier alpha value is -3.24. The zero-order chi connectivity index (χ0) is 26.1. The number of aromatic nitrogens is 3. The number of hydrogen-bond donors (Lipinski definition) is 1. The molecule has 2 aromatic heterocycles. The summed E-state index contributed by atoms with van der Waals surface area (Å²) in [5.74, 6) is -0.869. The molecular weight excluding hydrogens is 480 g/mol. The number of benzene rings is 1. The van der Waals surface area contributed by atoms with Gasteiger partial charge in [-0.2, -0.15) is 5.10 Å². The van der Waals surface area contributed by atoms with Crippen LogP contribution in [0.5, 0.6) is 5.75 Å². The summed E-state index contributed by atoms with van der Waals surface area (Å²) in [5.41, 5.74) is 0.374. The van der Waals surface area contributed by atoms with Crippen LogP contribution >= 0.6 is 11.3 Å². The lowest BCUT2D eigenvalue weighted by Gasteiger charge is -2.36. The summed E-state index contributed by atoms with van der Waals surface area (Å²) in [6, 6.07) is 5.45. The van der Waals surface area contributed by atoms with Crippen molar-refractivity contribution in [1.82, 2.24) is 19.7 Å². The molecule has 1 fully saturated rings. The van der Waals surface area contributed by atoms with Crippen molar-refractivity contribution in [2.45, 2.75) is 51.2 Å². The first-order valence-electron chi connectivity index (χ1n) is 11.7. The van der Waals surface area contributed by atoms with Crippen LogP contribution in [0.1, 0.15) is 54.2 Å². The number of carbonyl (C=O) groups is 2. The van der Waals surface area contributed by atoms with Gasteiger partial charge in [-0.05, 0) is 35.6 Å². The standard InChI is InChI=1S/C26H32N4O5S/c1-25(2,3)18-8-7-17(13-20(18)35-5)23(31)30-19(24(32)33)14-26(16-34-4,15-29-11-6-9-28-29)21(30)22-27-10-12-36-22/h6-13,19,21H,14-16H2,1-5H3,(H,32,33). The molecule has 3 atom stereocenters. The molecular formula is C26H32N4O5S. The number of ether oxygens (including phenoxy) is 2. The fraction of sp³-hybridized carbons (Fsp3) is 0.462. The number of likely N-dealkylation sites (tertiary alicyclic amines) is 1. The van der Waals surface area contributed by atoms with Gasteiger partial charge in [0.05, 0.1) is 26.3 Å². The van der Waals surface area contributed by atoms with Crippen LogP contribution in [0.3, 0.4) is 0 Å². The summed E-state index contributed by atoms with van der Waals surface area (Å²) >= 11 is 1.40. The molecule has 36 heavy (non-hydrogen) atoms. The zero-order valence-corrected chi connectivity index (χ0v) is 22.0. The average Bonchev–Trinajstić information content (AvgIpc) is 3.58. The molecule has 0 bridgehead atoms. The molecule has 3 unspecified atom stereocenters. The van der Waals surface area contributed by atoms with E-state index in [1.54, 1.807) is 43.4 Å². The lowest BCUT2D eigenvalue weighted by atomic mass is 9.79. The van der Waals surface area contributed by atoms with Crippen LogP contribution < -0.4 is 4.74 Å². The number of methoxy groups -OCH3 is 2. The first-order valence-corrected chi connectivity index (χ1v) is 12.6. The van der Waals surface area contributed by atoms with Crippen molar-refractivity contribution < 1.29 is 24.2 Å². The van der Waals surface area contributed by atoms with E-state index in [2.05, 4.69) is 30.9 Å². The van der Waals surface area contributed by atoms with E-state index in [0.29, 0.717) is 22.9 Å². The summed E-state index contributed by atoms with van der Waals surface area (Å²) in [6.07, 6.45) is 5.37. The van der Waals surface area contributed by atoms with Crippen LogP contribution in [0.25, 0.3) is 0 Å². The third kappa shape index (κ3) is 4.75. The summed E-state index contributed by atoms with van der Waals surface area (Å²) in [6.45, 7) is 6.81. The minimum atomic E-state index is -1.07. The maximum absolute atomic E-state index is 14.1. The number of aliphatic carboxylic acids is 1. The van der Waals surface area contributed by atoms with E-state index in [1.807, 2.05) is 23.7 Å². The third-order valence-corrected chi connectivity index (χ3v) is 7.55. The number of hydrogen-bond acceptors (Lipinski definition) is 7. The van der Waals surface area contributed by atoms with Gasteiger partial charge in [0.25, 0.3) is 5.91 Å². The van der Waals surface area contributed by atoms with Crippen LogP contribution in [0.15, 0.2) is 48.2 Å². The average molecular weight is 513 g/mol. The fourth-order valence-electron chi connectivity index (χ4n) is 5.22. The number of thiazole rings is 1. The Morgan fingerprint density at radius 1 is 1.25 bits per heavy atom. The van der Waals surface area contributed by atoms with Crippen molar-refractivity contribution in [3.8, 4) is 5.75 Å². The van der Waals surface area contributed by atoms with Gasteiger partial charge in [0.15, 0.2) is 0 Å². The Bertz CT molecular complexity index is 1210. The highest BCUT2D eigenvalue weighted by molar-refractivity contribution is 7.09. The summed E-state index contributed by atoms with van der Waals surface area (Å²) in [5, 5.41) is 17.1. The Morgan fingerprint density at radius 3 is 2.58 bits per heavy atom. The van der Waals surface area contributed by atoms with Crippen LogP contribution in [0.4, 0.5) is 0 Å². The van der Waals surface area contributed by atoms with Gasteiger partial charge in [0.2, 0.25) is 0 Å². The SMILES string of the molecule is COCC1(Cn2cccn2)CC(C(=O)O)N(C(=O)c2ccc(C(C)(C)C)c(OC)c2)C1c1nccs1. The Morgan fingerprint density at radius 2 is 2.03 bits per heavy atom. The van der Waals surface area contributed by atoms with E-state index >= 15 is 0 Å². The minimum absolute atomic E-state index is 0.190. The molecule has 9 nitrogen and oxygen atoms in total. The molecule has 1 N–H and O–H groups in total. The van der Waals surface area contributed by atoms with Crippen LogP contribution in [-0.4, -0.2) is 63.5 Å². The number of amides is 1. The highest BCUT2D eigenvalue weighted by Crippen LogP contribution is 2.52. The van der Waals surface area contributed by atoms with E-state index in [0.717, 1.165) is 5.56 Å². The lowest BCUT2D eigenvalue weighted by Crippen LogP contribution is -2.44. The fourth-order valence-corrected chi connectivity index (χ4v) is 6.09. The van der Waals surface area contributed by atoms with Gasteiger partial charge in [-0.1, -0.05) is 26.8 Å². The monoisotopic (exact) mass is 512 g/mol. The number of carboxylic acid groups (broad SMARTS) is 1. The largest absolute Gasteiger partial charge is 0.496 e. The third-order valence-electron chi connectivity index (χ3n) is 6.72. The smallest absolute Gasteiger partial charge is 0.326 e. The van der Waals surface area contributed by atoms with Crippen molar-refractivity contribution in [1.29, 1.82) is 0 Å². The molecule has 0 spiro atoms. The van der Waals surface area contributed by atoms with Crippen molar-refractivity contribution in [2.75, 3.05) is 20.8 Å². The quantitative estimate of drug-likeness (QED) is 0.486. The van der Waals surface area contributed by atoms with Gasteiger partial charge in [-0.25, -0.2) is 9.78 Å². The second kappa shape index (κ2) is 10.0. The number of carboxylic acids is 1. The highest BCUT2D eigenvalue weighted by Gasteiger charge is 2.58. The molecule has 1 aliphatic heterocycles. The number of nitrogens with zero attached hydrogens (tertiary/aromatic N) is 4. The van der Waals surface area contributed by atoms with Gasteiger partial charge in [-0.15, -0.1) is 11.3 Å². The molecule has 3 heterocycles. The molecule has 1 amide bonds. The van der Waals surface area contributed by atoms with E-state index in [4.69, 9.17) is 9.47 Å². The van der Waals surface area contributed by atoms with Gasteiger partial charge in [-0.3, -0.25) is 9.48 Å².